The van der Waals surface area contributed by atoms with Crippen LogP contribution in [-0.2, 0) is 17.7 Å². The van der Waals surface area contributed by atoms with Gasteiger partial charge in [0.2, 0.25) is 0 Å². The van der Waals surface area contributed by atoms with Gasteiger partial charge in [0, 0.05) is 45.1 Å². The Labute approximate surface area is 203 Å². The molecule has 9 heteroatoms. The van der Waals surface area contributed by atoms with Crippen molar-refractivity contribution < 1.29 is 14.3 Å². The molecule has 1 aromatic carbocycles. The van der Waals surface area contributed by atoms with Crippen molar-refractivity contribution in [1.29, 1.82) is 0 Å². The van der Waals surface area contributed by atoms with Crippen LogP contribution in [0.25, 0.3) is 0 Å². The smallest absolute Gasteiger partial charge is 0.257 e. The van der Waals surface area contributed by atoms with Gasteiger partial charge in [-0.25, -0.2) is 4.98 Å². The van der Waals surface area contributed by atoms with Crippen LogP contribution in [0.5, 0.6) is 5.75 Å². The van der Waals surface area contributed by atoms with Gasteiger partial charge in [0.25, 0.3) is 5.91 Å². The molecule has 34 heavy (non-hydrogen) atoms. The van der Waals surface area contributed by atoms with Crippen molar-refractivity contribution in [1.82, 2.24) is 14.9 Å². The minimum Gasteiger partial charge on any atom is -0.493 e. The minimum atomic E-state index is -0.0665. The summed E-state index contributed by atoms with van der Waals surface area (Å²) in [7, 11) is 5.08. The SMILES string of the molecule is COc1c(Cl)cccc1Nc1cc(Cc2cccc(N3CC(OC)C3)n2)nc2c1C(=O)N(C)C2. The lowest BCUT2D eigenvalue weighted by molar-refractivity contribution is 0.0783. The summed E-state index contributed by atoms with van der Waals surface area (Å²) in [5.41, 5.74) is 4.42. The number of methoxy groups -OCH3 is 2. The molecule has 2 aliphatic rings. The minimum absolute atomic E-state index is 0.0665. The average molecular weight is 480 g/mol. The summed E-state index contributed by atoms with van der Waals surface area (Å²) < 4.78 is 10.9. The number of anilines is 3. The van der Waals surface area contributed by atoms with Crippen LogP contribution in [0, 0.1) is 0 Å². The van der Waals surface area contributed by atoms with Gasteiger partial charge < -0.3 is 24.6 Å². The maximum absolute atomic E-state index is 12.9. The second kappa shape index (κ2) is 9.12. The third-order valence-electron chi connectivity index (χ3n) is 6.20. The fourth-order valence-corrected chi connectivity index (χ4v) is 4.60. The highest BCUT2D eigenvalue weighted by Crippen LogP contribution is 2.37. The van der Waals surface area contributed by atoms with Crippen LogP contribution < -0.4 is 15.0 Å². The summed E-state index contributed by atoms with van der Waals surface area (Å²) in [6, 6.07) is 13.4. The molecule has 0 saturated carbocycles. The van der Waals surface area contributed by atoms with E-state index in [9.17, 15) is 4.79 Å². The molecular formula is C25H26ClN5O3. The molecule has 0 atom stereocenters. The average Bonchev–Trinajstić information content (AvgIpc) is 3.07. The number of rotatable bonds is 7. The second-order valence-corrected chi connectivity index (χ2v) is 8.92. The van der Waals surface area contributed by atoms with Crippen molar-refractivity contribution in [3.05, 3.63) is 70.1 Å². The first-order valence-electron chi connectivity index (χ1n) is 11.1. The molecule has 4 heterocycles. The highest BCUT2D eigenvalue weighted by molar-refractivity contribution is 6.32. The molecule has 0 spiro atoms. The highest BCUT2D eigenvalue weighted by Gasteiger charge is 2.31. The van der Waals surface area contributed by atoms with Crippen LogP contribution >= 0.6 is 11.6 Å². The lowest BCUT2D eigenvalue weighted by atomic mass is 10.1. The second-order valence-electron chi connectivity index (χ2n) is 8.52. The molecular weight excluding hydrogens is 454 g/mol. The van der Waals surface area contributed by atoms with Gasteiger partial charge in [-0.05, 0) is 30.3 Å². The summed E-state index contributed by atoms with van der Waals surface area (Å²) in [5.74, 6) is 1.39. The molecule has 0 unspecified atom stereocenters. The number of carbonyl (C=O) groups excluding carboxylic acids is 1. The van der Waals surface area contributed by atoms with E-state index in [4.69, 9.17) is 31.0 Å². The Bertz CT molecular complexity index is 1250. The normalized spacial score (nSPS) is 15.4. The number of benzene rings is 1. The van der Waals surface area contributed by atoms with Crippen LogP contribution in [0.2, 0.25) is 5.02 Å². The Morgan fingerprint density at radius 1 is 1.09 bits per heavy atom. The number of fused-ring (bicyclic) bond motifs is 1. The van der Waals surface area contributed by atoms with Crippen molar-refractivity contribution >= 4 is 34.7 Å². The first-order chi connectivity index (χ1) is 16.5. The molecule has 1 amide bonds. The van der Waals surface area contributed by atoms with E-state index >= 15 is 0 Å². The van der Waals surface area contributed by atoms with Crippen LogP contribution in [0.3, 0.4) is 0 Å². The van der Waals surface area contributed by atoms with Crippen molar-refractivity contribution in [3.63, 3.8) is 0 Å². The molecule has 8 nitrogen and oxygen atoms in total. The molecule has 0 bridgehead atoms. The maximum atomic E-state index is 12.9. The third-order valence-corrected chi connectivity index (χ3v) is 6.49. The molecule has 2 aliphatic heterocycles. The summed E-state index contributed by atoms with van der Waals surface area (Å²) in [6.45, 7) is 2.14. The Balaban J connectivity index is 1.46. The number of hydrogen-bond acceptors (Lipinski definition) is 7. The van der Waals surface area contributed by atoms with Gasteiger partial charge in [-0.15, -0.1) is 0 Å². The maximum Gasteiger partial charge on any atom is 0.257 e. The lowest BCUT2D eigenvalue weighted by Crippen LogP contribution is -2.52. The monoisotopic (exact) mass is 479 g/mol. The quantitative estimate of drug-likeness (QED) is 0.550. The Kier molecular flexibility index (Phi) is 6.02. The van der Waals surface area contributed by atoms with Gasteiger partial charge in [0.05, 0.1) is 47.4 Å². The number of carbonyl (C=O) groups is 1. The van der Waals surface area contributed by atoms with Crippen molar-refractivity contribution in [2.75, 3.05) is 44.6 Å². The number of nitrogens with zero attached hydrogens (tertiary/aromatic N) is 4. The van der Waals surface area contributed by atoms with Gasteiger partial charge in [-0.1, -0.05) is 23.7 Å². The summed E-state index contributed by atoms with van der Waals surface area (Å²) in [6.07, 6.45) is 0.803. The number of para-hydroxylation sites is 1. The van der Waals surface area contributed by atoms with E-state index in [-0.39, 0.29) is 12.0 Å². The van der Waals surface area contributed by atoms with E-state index in [0.29, 0.717) is 40.7 Å². The molecule has 3 aromatic rings. The topological polar surface area (TPSA) is 79.8 Å². The van der Waals surface area contributed by atoms with Crippen molar-refractivity contribution in [3.8, 4) is 5.75 Å². The summed E-state index contributed by atoms with van der Waals surface area (Å²) in [4.78, 5) is 26.4. The molecule has 1 N–H and O–H groups in total. The number of halogens is 1. The number of amides is 1. The fourth-order valence-electron chi connectivity index (χ4n) is 4.35. The zero-order chi connectivity index (χ0) is 23.8. The predicted octanol–water partition coefficient (Wildman–Crippen LogP) is 3.89. The Morgan fingerprint density at radius 3 is 2.65 bits per heavy atom. The Hall–Kier alpha value is -3.36. The third kappa shape index (κ3) is 4.15. The summed E-state index contributed by atoms with van der Waals surface area (Å²) >= 11 is 6.31. The summed E-state index contributed by atoms with van der Waals surface area (Å²) in [5, 5.41) is 3.85. The molecule has 1 saturated heterocycles. The largest absolute Gasteiger partial charge is 0.493 e. The predicted molar refractivity (Wildman–Crippen MR) is 131 cm³/mol. The number of ether oxygens (including phenoxy) is 2. The number of nitrogens with one attached hydrogen (secondary N) is 1. The highest BCUT2D eigenvalue weighted by atomic mass is 35.5. The van der Waals surface area contributed by atoms with Crippen molar-refractivity contribution in [2.45, 2.75) is 19.1 Å². The van der Waals surface area contributed by atoms with E-state index in [2.05, 4.69) is 10.2 Å². The van der Waals surface area contributed by atoms with Gasteiger partial charge in [-0.3, -0.25) is 9.78 Å². The first kappa shape index (κ1) is 22.4. The molecule has 5 rings (SSSR count). The van der Waals surface area contributed by atoms with E-state index in [1.165, 1.54) is 0 Å². The van der Waals surface area contributed by atoms with Crippen LogP contribution in [0.15, 0.2) is 42.5 Å². The van der Waals surface area contributed by atoms with Crippen molar-refractivity contribution in [2.24, 2.45) is 0 Å². The standard InChI is InChI=1S/C25H26ClN5O3/c1-30-14-21-23(25(30)32)20(29-19-8-5-7-18(26)24(19)34-3)11-16(27-21)10-15-6-4-9-22(28-15)31-12-17(13-31)33-2/h4-9,11,17H,10,12-14H2,1-3H3,(H,27,29). The van der Waals surface area contributed by atoms with E-state index < -0.39 is 0 Å². The van der Waals surface area contributed by atoms with Crippen LogP contribution in [-0.4, -0.2) is 61.2 Å². The Morgan fingerprint density at radius 2 is 1.88 bits per heavy atom. The lowest BCUT2D eigenvalue weighted by Gasteiger charge is -2.39. The number of hydrogen-bond donors (Lipinski definition) is 1. The van der Waals surface area contributed by atoms with Gasteiger partial charge in [-0.2, -0.15) is 0 Å². The van der Waals surface area contributed by atoms with Gasteiger partial charge in [0.1, 0.15) is 5.82 Å². The molecule has 2 aromatic heterocycles. The molecule has 0 aliphatic carbocycles. The fraction of sp³-hybridized carbons (Fsp3) is 0.320. The molecule has 1 fully saturated rings. The van der Waals surface area contributed by atoms with E-state index in [1.54, 1.807) is 32.2 Å². The van der Waals surface area contributed by atoms with Crippen LogP contribution in [0.1, 0.15) is 27.4 Å². The van der Waals surface area contributed by atoms with E-state index in [1.807, 2.05) is 36.4 Å². The van der Waals surface area contributed by atoms with Crippen LogP contribution in [0.4, 0.5) is 17.2 Å². The first-order valence-corrected chi connectivity index (χ1v) is 11.5. The molecule has 176 valence electrons. The number of aromatic nitrogens is 2. The van der Waals surface area contributed by atoms with Gasteiger partial charge >= 0.3 is 0 Å². The number of pyridine rings is 2. The van der Waals surface area contributed by atoms with Gasteiger partial charge in [0.15, 0.2) is 5.75 Å². The zero-order valence-corrected chi connectivity index (χ0v) is 20.1. The van der Waals surface area contributed by atoms with E-state index in [0.717, 1.165) is 36.0 Å². The zero-order valence-electron chi connectivity index (χ0n) is 19.3. The molecule has 0 radical (unpaired) electrons.